The summed E-state index contributed by atoms with van der Waals surface area (Å²) in [6.45, 7) is 4.94. The number of amides is 1. The fourth-order valence-electron chi connectivity index (χ4n) is 2.85. The summed E-state index contributed by atoms with van der Waals surface area (Å²) in [5.41, 5.74) is 1.78. The first-order chi connectivity index (χ1) is 13.5. The molecule has 3 rings (SSSR count). The number of fused-ring (bicyclic) bond motifs is 1. The maximum absolute atomic E-state index is 13.1. The van der Waals surface area contributed by atoms with Crippen LogP contribution in [0.25, 0.3) is 10.2 Å². The lowest BCUT2D eigenvalue weighted by Crippen LogP contribution is -2.24. The number of carbonyl (C=O) groups is 2. The molecule has 8 heteroatoms. The molecule has 0 saturated carbocycles. The second-order valence-electron chi connectivity index (χ2n) is 6.36. The Morgan fingerprint density at radius 1 is 1.29 bits per heavy atom. The van der Waals surface area contributed by atoms with Gasteiger partial charge in [0.1, 0.15) is 10.6 Å². The van der Waals surface area contributed by atoms with Gasteiger partial charge in [0.25, 0.3) is 5.91 Å². The van der Waals surface area contributed by atoms with E-state index in [9.17, 15) is 14.0 Å². The standard InChI is InChI=1S/C20H22FN3O3S/c1-3-27-18(25)5-4-10-22-19(26)17-11-16-13(2)23-24(20(16)28-17)12-14-6-8-15(21)9-7-14/h6-9,11H,3-5,10,12H2,1-2H3,(H,22,26). The highest BCUT2D eigenvalue weighted by Gasteiger charge is 2.16. The van der Waals surface area contributed by atoms with Gasteiger partial charge in [-0.15, -0.1) is 11.3 Å². The maximum atomic E-state index is 13.1. The predicted octanol–water partition coefficient (Wildman–Crippen LogP) is 3.67. The number of carbonyl (C=O) groups excluding carboxylic acids is 2. The summed E-state index contributed by atoms with van der Waals surface area (Å²) >= 11 is 1.37. The molecule has 0 saturated heterocycles. The second kappa shape index (κ2) is 8.97. The molecule has 0 unspecified atom stereocenters. The predicted molar refractivity (Wildman–Crippen MR) is 106 cm³/mol. The molecule has 0 aliphatic rings. The Morgan fingerprint density at radius 2 is 2.04 bits per heavy atom. The minimum atomic E-state index is -0.274. The van der Waals surface area contributed by atoms with Crippen molar-refractivity contribution >= 4 is 33.4 Å². The quantitative estimate of drug-likeness (QED) is 0.460. The smallest absolute Gasteiger partial charge is 0.305 e. The Balaban J connectivity index is 1.65. The average Bonchev–Trinajstić information content (AvgIpc) is 3.22. The fourth-order valence-corrected chi connectivity index (χ4v) is 3.93. The lowest BCUT2D eigenvalue weighted by molar-refractivity contribution is -0.143. The molecule has 0 aliphatic carbocycles. The van der Waals surface area contributed by atoms with Gasteiger partial charge in [-0.2, -0.15) is 5.10 Å². The van der Waals surface area contributed by atoms with E-state index in [1.807, 2.05) is 17.7 Å². The molecule has 0 bridgehead atoms. The number of nitrogens with zero attached hydrogens (tertiary/aromatic N) is 2. The fraction of sp³-hybridized carbons (Fsp3) is 0.350. The van der Waals surface area contributed by atoms with Crippen LogP contribution in [0.1, 0.15) is 40.7 Å². The summed E-state index contributed by atoms with van der Waals surface area (Å²) in [6.07, 6.45) is 0.819. The number of aryl methyl sites for hydroxylation is 1. The third-order valence-corrected chi connectivity index (χ3v) is 5.37. The lowest BCUT2D eigenvalue weighted by Gasteiger charge is -2.04. The van der Waals surface area contributed by atoms with Gasteiger partial charge in [0.15, 0.2) is 0 Å². The molecule has 2 heterocycles. The zero-order chi connectivity index (χ0) is 20.1. The molecule has 3 aromatic rings. The maximum Gasteiger partial charge on any atom is 0.305 e. The first-order valence-corrected chi connectivity index (χ1v) is 9.94. The van der Waals surface area contributed by atoms with Crippen molar-refractivity contribution < 1.29 is 18.7 Å². The molecule has 0 radical (unpaired) electrons. The van der Waals surface area contributed by atoms with Crippen LogP contribution in [0, 0.1) is 12.7 Å². The van der Waals surface area contributed by atoms with Crippen LogP contribution in [-0.4, -0.2) is 34.8 Å². The number of hydrogen-bond acceptors (Lipinski definition) is 5. The van der Waals surface area contributed by atoms with E-state index in [1.165, 1.54) is 23.5 Å². The molecule has 148 valence electrons. The van der Waals surface area contributed by atoms with Crippen molar-refractivity contribution in [2.24, 2.45) is 0 Å². The van der Waals surface area contributed by atoms with Crippen molar-refractivity contribution in [1.82, 2.24) is 15.1 Å². The Bertz CT molecular complexity index is 979. The molecular weight excluding hydrogens is 381 g/mol. The molecule has 0 aliphatic heterocycles. The van der Waals surface area contributed by atoms with E-state index in [0.717, 1.165) is 21.5 Å². The van der Waals surface area contributed by atoms with Gasteiger partial charge < -0.3 is 10.1 Å². The van der Waals surface area contributed by atoms with Crippen molar-refractivity contribution in [2.45, 2.75) is 33.2 Å². The molecule has 0 atom stereocenters. The van der Waals surface area contributed by atoms with Crippen LogP contribution in [0.3, 0.4) is 0 Å². The highest BCUT2D eigenvalue weighted by Crippen LogP contribution is 2.28. The highest BCUT2D eigenvalue weighted by molar-refractivity contribution is 7.20. The van der Waals surface area contributed by atoms with Gasteiger partial charge in [0.05, 0.1) is 23.7 Å². The number of nitrogens with one attached hydrogen (secondary N) is 1. The number of ether oxygens (including phenoxy) is 1. The Hall–Kier alpha value is -2.74. The van der Waals surface area contributed by atoms with Crippen LogP contribution in [0.4, 0.5) is 4.39 Å². The van der Waals surface area contributed by atoms with Crippen molar-refractivity contribution in [3.05, 3.63) is 52.3 Å². The number of esters is 1. The molecule has 0 fully saturated rings. The molecule has 1 amide bonds. The topological polar surface area (TPSA) is 73.2 Å². The Morgan fingerprint density at radius 3 is 2.75 bits per heavy atom. The van der Waals surface area contributed by atoms with Crippen LogP contribution in [-0.2, 0) is 16.1 Å². The third kappa shape index (κ3) is 4.75. The van der Waals surface area contributed by atoms with Gasteiger partial charge in [-0.05, 0) is 44.0 Å². The van der Waals surface area contributed by atoms with E-state index in [0.29, 0.717) is 31.0 Å². The van der Waals surface area contributed by atoms with Crippen LogP contribution in [0.5, 0.6) is 0 Å². The minimum Gasteiger partial charge on any atom is -0.466 e. The SMILES string of the molecule is CCOC(=O)CCCNC(=O)c1cc2c(C)nn(Cc3ccc(F)cc3)c2s1. The lowest BCUT2D eigenvalue weighted by atomic mass is 10.2. The first-order valence-electron chi connectivity index (χ1n) is 9.13. The van der Waals surface area contributed by atoms with E-state index in [2.05, 4.69) is 10.4 Å². The van der Waals surface area contributed by atoms with Gasteiger partial charge in [-0.1, -0.05) is 12.1 Å². The summed E-state index contributed by atoms with van der Waals surface area (Å²) in [5, 5.41) is 8.30. The van der Waals surface area contributed by atoms with Gasteiger partial charge >= 0.3 is 5.97 Å². The van der Waals surface area contributed by atoms with Crippen LogP contribution >= 0.6 is 11.3 Å². The number of thiophene rings is 1. The monoisotopic (exact) mass is 403 g/mol. The molecule has 1 aromatic carbocycles. The zero-order valence-corrected chi connectivity index (χ0v) is 16.6. The van der Waals surface area contributed by atoms with Crippen molar-refractivity contribution in [2.75, 3.05) is 13.2 Å². The van der Waals surface area contributed by atoms with E-state index >= 15 is 0 Å². The summed E-state index contributed by atoms with van der Waals surface area (Å²) in [4.78, 5) is 25.2. The van der Waals surface area contributed by atoms with Crippen LogP contribution in [0.2, 0.25) is 0 Å². The van der Waals surface area contributed by atoms with Crippen molar-refractivity contribution in [3.8, 4) is 0 Å². The first kappa shape index (κ1) is 20.0. The average molecular weight is 403 g/mol. The second-order valence-corrected chi connectivity index (χ2v) is 7.39. The van der Waals surface area contributed by atoms with E-state index in [1.54, 1.807) is 19.1 Å². The Labute approximate surface area is 166 Å². The Kier molecular flexibility index (Phi) is 6.41. The molecule has 2 aromatic heterocycles. The van der Waals surface area contributed by atoms with Gasteiger partial charge in [-0.3, -0.25) is 14.3 Å². The number of rotatable bonds is 8. The molecular formula is C20H22FN3O3S. The number of benzene rings is 1. The van der Waals surface area contributed by atoms with E-state index in [-0.39, 0.29) is 24.1 Å². The highest BCUT2D eigenvalue weighted by atomic mass is 32.1. The van der Waals surface area contributed by atoms with Gasteiger partial charge in [-0.25, -0.2) is 4.39 Å². The minimum absolute atomic E-state index is 0.169. The van der Waals surface area contributed by atoms with Crippen molar-refractivity contribution in [1.29, 1.82) is 0 Å². The van der Waals surface area contributed by atoms with Gasteiger partial charge in [0, 0.05) is 18.4 Å². The van der Waals surface area contributed by atoms with Crippen molar-refractivity contribution in [3.63, 3.8) is 0 Å². The van der Waals surface area contributed by atoms with Gasteiger partial charge in [0.2, 0.25) is 0 Å². The summed E-state index contributed by atoms with van der Waals surface area (Å²) in [6, 6.07) is 8.13. The molecule has 6 nitrogen and oxygen atoms in total. The zero-order valence-electron chi connectivity index (χ0n) is 15.8. The largest absolute Gasteiger partial charge is 0.466 e. The molecule has 28 heavy (non-hydrogen) atoms. The summed E-state index contributed by atoms with van der Waals surface area (Å²) in [7, 11) is 0. The molecule has 1 N–H and O–H groups in total. The van der Waals surface area contributed by atoms with Crippen LogP contribution in [0.15, 0.2) is 30.3 Å². The van der Waals surface area contributed by atoms with E-state index < -0.39 is 0 Å². The number of hydrogen-bond donors (Lipinski definition) is 1. The van der Waals surface area contributed by atoms with Crippen LogP contribution < -0.4 is 5.32 Å². The normalized spacial score (nSPS) is 11.0. The summed E-state index contributed by atoms with van der Waals surface area (Å²) in [5.74, 6) is -0.698. The summed E-state index contributed by atoms with van der Waals surface area (Å²) < 4.78 is 19.8. The third-order valence-electron chi connectivity index (χ3n) is 4.23. The molecule has 0 spiro atoms. The number of halogens is 1. The van der Waals surface area contributed by atoms with E-state index in [4.69, 9.17) is 4.74 Å². The number of aromatic nitrogens is 2.